The molecule has 0 bridgehead atoms. The van der Waals surface area contributed by atoms with Crippen LogP contribution in [-0.4, -0.2) is 0 Å². The van der Waals surface area contributed by atoms with Crippen LogP contribution in [0.1, 0.15) is 11.1 Å². The quantitative estimate of drug-likeness (QED) is 0.617. The minimum atomic E-state index is 0.997. The van der Waals surface area contributed by atoms with Crippen LogP contribution < -0.4 is 0 Å². The maximum Gasteiger partial charge on any atom is 0.0133 e. The third-order valence-corrected chi connectivity index (χ3v) is 3.65. The van der Waals surface area contributed by atoms with Gasteiger partial charge in [0.15, 0.2) is 0 Å². The third-order valence-electron chi connectivity index (χ3n) is 2.31. The summed E-state index contributed by atoms with van der Waals surface area (Å²) in [6.07, 6.45) is 3.27. The smallest absolute Gasteiger partial charge is 0.0133 e. The summed E-state index contributed by atoms with van der Waals surface area (Å²) >= 11 is 4.69. The van der Waals surface area contributed by atoms with Crippen LogP contribution in [0.25, 0.3) is 0 Å². The maximum atomic E-state index is 2.35. The fourth-order valence-electron chi connectivity index (χ4n) is 1.53. The van der Waals surface area contributed by atoms with Crippen LogP contribution in [0, 0.1) is 13.6 Å². The van der Waals surface area contributed by atoms with Gasteiger partial charge in [0, 0.05) is 7.14 Å². The van der Waals surface area contributed by atoms with E-state index in [-0.39, 0.29) is 0 Å². The molecule has 2 aromatic carbocycles. The van der Waals surface area contributed by atoms with Gasteiger partial charge < -0.3 is 0 Å². The fourth-order valence-corrected chi connectivity index (χ4v) is 2.71. The first-order valence-electron chi connectivity index (χ1n) is 5.07. The molecule has 2 rings (SSSR count). The highest BCUT2D eigenvalue weighted by Gasteiger charge is 1.97. The van der Waals surface area contributed by atoms with E-state index in [4.69, 9.17) is 0 Å². The molecular formula is C14H11I2. The zero-order valence-corrected chi connectivity index (χ0v) is 13.0. The lowest BCUT2D eigenvalue weighted by atomic mass is 10.0. The van der Waals surface area contributed by atoms with Crippen molar-refractivity contribution in [2.45, 2.75) is 6.42 Å². The molecule has 2 heteroatoms. The Hall–Kier alpha value is -0.100. The lowest BCUT2D eigenvalue weighted by Crippen LogP contribution is -1.89. The van der Waals surface area contributed by atoms with Crippen LogP contribution in [0.2, 0.25) is 0 Å². The summed E-state index contributed by atoms with van der Waals surface area (Å²) in [4.78, 5) is 0. The summed E-state index contributed by atoms with van der Waals surface area (Å²) in [6, 6.07) is 17.2. The van der Waals surface area contributed by atoms with E-state index in [9.17, 15) is 0 Å². The van der Waals surface area contributed by atoms with Gasteiger partial charge in [0.1, 0.15) is 0 Å². The molecule has 0 heterocycles. The second kappa shape index (κ2) is 6.00. The van der Waals surface area contributed by atoms with E-state index in [1.807, 2.05) is 0 Å². The van der Waals surface area contributed by atoms with E-state index in [0.29, 0.717) is 0 Å². The zero-order valence-electron chi connectivity index (χ0n) is 8.66. The van der Waals surface area contributed by atoms with Crippen LogP contribution in [0.5, 0.6) is 0 Å². The second-order valence-electron chi connectivity index (χ2n) is 3.59. The van der Waals surface area contributed by atoms with Crippen molar-refractivity contribution >= 4 is 45.2 Å². The van der Waals surface area contributed by atoms with E-state index in [2.05, 4.69) is 100 Å². The van der Waals surface area contributed by atoms with E-state index in [1.165, 1.54) is 18.3 Å². The van der Waals surface area contributed by atoms with E-state index in [1.54, 1.807) is 0 Å². The molecule has 0 amide bonds. The molecule has 0 unspecified atom stereocenters. The molecule has 0 saturated carbocycles. The largest absolute Gasteiger partial charge is 0.0609 e. The van der Waals surface area contributed by atoms with Gasteiger partial charge in [-0.2, -0.15) is 0 Å². The molecule has 0 aliphatic carbocycles. The monoisotopic (exact) mass is 433 g/mol. The van der Waals surface area contributed by atoms with Crippen LogP contribution in [-0.2, 0) is 6.42 Å². The number of hydrogen-bond acceptors (Lipinski definition) is 0. The van der Waals surface area contributed by atoms with Crippen LogP contribution in [0.3, 0.4) is 0 Å². The highest BCUT2D eigenvalue weighted by Crippen LogP contribution is 2.14. The zero-order chi connectivity index (χ0) is 11.4. The normalized spacial score (nSPS) is 10.4. The van der Waals surface area contributed by atoms with Gasteiger partial charge in [-0.15, -0.1) is 0 Å². The molecule has 0 spiro atoms. The molecule has 1 radical (unpaired) electrons. The summed E-state index contributed by atoms with van der Waals surface area (Å²) in [5.41, 5.74) is 2.66. The van der Waals surface area contributed by atoms with E-state index >= 15 is 0 Å². The van der Waals surface area contributed by atoms with Gasteiger partial charge in [0.2, 0.25) is 0 Å². The van der Waals surface area contributed by atoms with Gasteiger partial charge in [-0.1, -0.05) is 24.3 Å². The Kier molecular flexibility index (Phi) is 4.64. The number of benzene rings is 2. The Morgan fingerprint density at radius 2 is 1.56 bits per heavy atom. The third kappa shape index (κ3) is 3.73. The molecule has 0 aliphatic rings. The van der Waals surface area contributed by atoms with Crippen molar-refractivity contribution < 1.29 is 0 Å². The summed E-state index contributed by atoms with van der Waals surface area (Å²) < 4.78 is 2.58. The Morgan fingerprint density at radius 1 is 0.875 bits per heavy atom. The van der Waals surface area contributed by atoms with Crippen LogP contribution in [0.4, 0.5) is 0 Å². The number of rotatable bonds is 3. The fraction of sp³-hybridized carbons (Fsp3) is 0.0714. The standard InChI is InChI=1S/C14H11I2/c15-13-5-1-3-11(9-13)7-8-12-4-2-6-14(16)10-12/h1-7,9-10H,8H2. The van der Waals surface area contributed by atoms with Gasteiger partial charge in [-0.05, 0) is 93.4 Å². The summed E-state index contributed by atoms with van der Waals surface area (Å²) in [5, 5.41) is 0. The van der Waals surface area contributed by atoms with Gasteiger partial charge >= 0.3 is 0 Å². The summed E-state index contributed by atoms with van der Waals surface area (Å²) in [6.45, 7) is 0. The highest BCUT2D eigenvalue weighted by atomic mass is 127. The molecule has 0 nitrogen and oxygen atoms in total. The molecule has 0 aromatic heterocycles. The molecule has 81 valence electrons. The molecule has 16 heavy (non-hydrogen) atoms. The summed E-state index contributed by atoms with van der Waals surface area (Å²) in [5.74, 6) is 0. The second-order valence-corrected chi connectivity index (χ2v) is 6.08. The van der Waals surface area contributed by atoms with Crippen molar-refractivity contribution in [1.82, 2.24) is 0 Å². The molecule has 0 atom stereocenters. The molecule has 0 saturated heterocycles. The van der Waals surface area contributed by atoms with Crippen LogP contribution >= 0.6 is 45.2 Å². The Bertz CT molecular complexity index is 432. The Morgan fingerprint density at radius 3 is 2.25 bits per heavy atom. The molecular weight excluding hydrogens is 422 g/mol. The van der Waals surface area contributed by atoms with Crippen LogP contribution in [0.15, 0.2) is 48.5 Å². The van der Waals surface area contributed by atoms with Crippen molar-refractivity contribution in [2.75, 3.05) is 0 Å². The SMILES string of the molecule is Ic1cccc([CH]Cc2cccc(I)c2)c1. The highest BCUT2D eigenvalue weighted by molar-refractivity contribution is 14.1. The number of halogens is 2. The molecule has 0 aliphatic heterocycles. The lowest BCUT2D eigenvalue weighted by Gasteiger charge is -2.03. The van der Waals surface area contributed by atoms with Crippen molar-refractivity contribution in [3.63, 3.8) is 0 Å². The summed E-state index contributed by atoms with van der Waals surface area (Å²) in [7, 11) is 0. The minimum absolute atomic E-state index is 0.997. The predicted molar refractivity (Wildman–Crippen MR) is 85.4 cm³/mol. The maximum absolute atomic E-state index is 2.35. The predicted octanol–water partition coefficient (Wildman–Crippen LogP) is 4.69. The molecule has 0 fully saturated rings. The van der Waals surface area contributed by atoms with Crippen molar-refractivity contribution in [1.29, 1.82) is 0 Å². The first kappa shape index (κ1) is 12.4. The first-order chi connectivity index (χ1) is 7.74. The van der Waals surface area contributed by atoms with E-state index in [0.717, 1.165) is 6.42 Å². The van der Waals surface area contributed by atoms with Crippen molar-refractivity contribution in [3.05, 3.63) is 73.2 Å². The Balaban J connectivity index is 2.02. The van der Waals surface area contributed by atoms with Crippen molar-refractivity contribution in [2.24, 2.45) is 0 Å². The minimum Gasteiger partial charge on any atom is -0.0609 e. The van der Waals surface area contributed by atoms with Crippen molar-refractivity contribution in [3.8, 4) is 0 Å². The molecule has 0 N–H and O–H groups in total. The van der Waals surface area contributed by atoms with Gasteiger partial charge in [0.25, 0.3) is 0 Å². The lowest BCUT2D eigenvalue weighted by molar-refractivity contribution is 1.16. The average molecular weight is 433 g/mol. The van der Waals surface area contributed by atoms with E-state index < -0.39 is 0 Å². The van der Waals surface area contributed by atoms with Gasteiger partial charge in [0.05, 0.1) is 0 Å². The van der Waals surface area contributed by atoms with Gasteiger partial charge in [-0.25, -0.2) is 0 Å². The average Bonchev–Trinajstić information content (AvgIpc) is 2.27. The number of hydrogen-bond donors (Lipinski definition) is 0. The Labute approximate surface area is 124 Å². The molecule has 2 aromatic rings. The topological polar surface area (TPSA) is 0 Å². The first-order valence-corrected chi connectivity index (χ1v) is 7.23. The van der Waals surface area contributed by atoms with Gasteiger partial charge in [-0.3, -0.25) is 0 Å².